The van der Waals surface area contributed by atoms with Crippen LogP contribution in [0.5, 0.6) is 5.75 Å². The van der Waals surface area contributed by atoms with E-state index in [4.69, 9.17) is 10.5 Å². The highest BCUT2D eigenvalue weighted by atomic mass is 16.5. The molecule has 0 spiro atoms. The number of benzene rings is 1. The summed E-state index contributed by atoms with van der Waals surface area (Å²) in [5.74, 6) is 0.435. The number of unbranched alkanes of at least 4 members (excludes halogenated alkanes) is 14. The summed E-state index contributed by atoms with van der Waals surface area (Å²) in [6.07, 6.45) is 20.5. The molecular weight excluding hydrogens is 334 g/mol. The van der Waals surface area contributed by atoms with Crippen LogP contribution in [0.4, 0.5) is 5.69 Å². The van der Waals surface area contributed by atoms with Crippen molar-refractivity contribution in [2.24, 2.45) is 0 Å². The number of hydrogen-bond donors (Lipinski definition) is 1. The molecule has 0 saturated heterocycles. The van der Waals surface area contributed by atoms with Crippen molar-refractivity contribution in [1.82, 2.24) is 0 Å². The predicted molar refractivity (Wildman–Crippen MR) is 116 cm³/mol. The second-order valence-corrected chi connectivity index (χ2v) is 7.74. The van der Waals surface area contributed by atoms with Crippen LogP contribution in [0.1, 0.15) is 110 Å². The molecule has 0 heterocycles. The first kappa shape index (κ1) is 23.5. The minimum atomic E-state index is -0.144. The van der Waals surface area contributed by atoms with Gasteiger partial charge in [-0.2, -0.15) is 0 Å². The molecule has 0 unspecified atom stereocenters. The zero-order chi connectivity index (χ0) is 19.6. The lowest BCUT2D eigenvalue weighted by molar-refractivity contribution is -0.134. The van der Waals surface area contributed by atoms with Gasteiger partial charge in [-0.3, -0.25) is 4.79 Å². The summed E-state index contributed by atoms with van der Waals surface area (Å²) in [6.45, 7) is 2.27. The summed E-state index contributed by atoms with van der Waals surface area (Å²) < 4.78 is 5.29. The van der Waals surface area contributed by atoms with E-state index >= 15 is 0 Å². The minimum Gasteiger partial charge on any atom is -0.427 e. The Balaban J connectivity index is 1.81. The summed E-state index contributed by atoms with van der Waals surface area (Å²) in [6, 6.07) is 6.96. The monoisotopic (exact) mass is 375 g/mol. The van der Waals surface area contributed by atoms with Crippen molar-refractivity contribution in [3.63, 3.8) is 0 Å². The first-order valence-corrected chi connectivity index (χ1v) is 11.3. The number of carbonyl (C=O) groups is 1. The smallest absolute Gasteiger partial charge is 0.311 e. The fourth-order valence-corrected chi connectivity index (χ4v) is 3.36. The van der Waals surface area contributed by atoms with Crippen molar-refractivity contribution in [3.05, 3.63) is 24.3 Å². The normalized spacial score (nSPS) is 10.9. The highest BCUT2D eigenvalue weighted by Gasteiger charge is 2.04. The van der Waals surface area contributed by atoms with Crippen LogP contribution in [0, 0.1) is 0 Å². The average Bonchev–Trinajstić information content (AvgIpc) is 2.66. The fraction of sp³-hybridized carbons (Fsp3) is 0.708. The molecule has 0 radical (unpaired) electrons. The van der Waals surface area contributed by atoms with E-state index in [-0.39, 0.29) is 5.97 Å². The average molecular weight is 376 g/mol. The Morgan fingerprint density at radius 2 is 1.11 bits per heavy atom. The van der Waals surface area contributed by atoms with Gasteiger partial charge in [-0.1, -0.05) is 96.8 Å². The van der Waals surface area contributed by atoms with E-state index in [1.165, 1.54) is 83.5 Å². The van der Waals surface area contributed by atoms with Gasteiger partial charge in [0.15, 0.2) is 0 Å². The van der Waals surface area contributed by atoms with Gasteiger partial charge in [0.2, 0.25) is 0 Å². The molecule has 1 aromatic rings. The molecule has 0 aliphatic heterocycles. The number of hydrogen-bond acceptors (Lipinski definition) is 3. The van der Waals surface area contributed by atoms with Crippen LogP contribution in [0.3, 0.4) is 0 Å². The summed E-state index contributed by atoms with van der Waals surface area (Å²) in [7, 11) is 0. The third-order valence-corrected chi connectivity index (χ3v) is 5.10. The molecule has 0 saturated carbocycles. The number of nitrogens with two attached hydrogens (primary N) is 1. The molecule has 1 rings (SSSR count). The lowest BCUT2D eigenvalue weighted by Gasteiger charge is -2.05. The lowest BCUT2D eigenvalue weighted by atomic mass is 10.0. The largest absolute Gasteiger partial charge is 0.427 e. The van der Waals surface area contributed by atoms with Gasteiger partial charge in [0.25, 0.3) is 0 Å². The SMILES string of the molecule is CCCCCCCCCCCCCCCCCC(=O)Oc1ccc(N)cc1. The van der Waals surface area contributed by atoms with E-state index in [9.17, 15) is 4.79 Å². The first-order valence-electron chi connectivity index (χ1n) is 11.3. The highest BCUT2D eigenvalue weighted by Crippen LogP contribution is 2.16. The molecule has 3 heteroatoms. The second-order valence-electron chi connectivity index (χ2n) is 7.74. The number of rotatable bonds is 17. The van der Waals surface area contributed by atoms with E-state index < -0.39 is 0 Å². The quantitative estimate of drug-likeness (QED) is 0.133. The summed E-state index contributed by atoms with van der Waals surface area (Å²) in [5, 5.41) is 0. The van der Waals surface area contributed by atoms with Gasteiger partial charge in [0.1, 0.15) is 5.75 Å². The maximum Gasteiger partial charge on any atom is 0.311 e. The first-order chi connectivity index (χ1) is 13.2. The van der Waals surface area contributed by atoms with Crippen molar-refractivity contribution >= 4 is 11.7 Å². The number of ether oxygens (including phenoxy) is 1. The second kappa shape index (κ2) is 16.6. The zero-order valence-corrected chi connectivity index (χ0v) is 17.5. The van der Waals surface area contributed by atoms with E-state index in [2.05, 4.69) is 6.92 Å². The Morgan fingerprint density at radius 1 is 0.704 bits per heavy atom. The van der Waals surface area contributed by atoms with Crippen LogP contribution < -0.4 is 10.5 Å². The van der Waals surface area contributed by atoms with Gasteiger partial charge >= 0.3 is 5.97 Å². The van der Waals surface area contributed by atoms with Crippen molar-refractivity contribution in [1.29, 1.82) is 0 Å². The maximum absolute atomic E-state index is 11.8. The molecule has 0 aliphatic rings. The molecule has 154 valence electrons. The van der Waals surface area contributed by atoms with Crippen molar-refractivity contribution < 1.29 is 9.53 Å². The standard InChI is InChI=1S/C24H41NO2/c1-2-3-4-5-6-7-8-9-10-11-12-13-14-15-16-17-24(26)27-23-20-18-22(25)19-21-23/h18-21H,2-17,25H2,1H3. The summed E-state index contributed by atoms with van der Waals surface area (Å²) in [5.41, 5.74) is 6.29. The van der Waals surface area contributed by atoms with E-state index in [0.717, 1.165) is 12.8 Å². The Bertz CT molecular complexity index is 470. The molecule has 2 N–H and O–H groups in total. The molecule has 0 aromatic heterocycles. The van der Waals surface area contributed by atoms with Crippen LogP contribution in [-0.4, -0.2) is 5.97 Å². The molecule has 3 nitrogen and oxygen atoms in total. The topological polar surface area (TPSA) is 52.3 Å². The molecular formula is C24H41NO2. The summed E-state index contributed by atoms with van der Waals surface area (Å²) in [4.78, 5) is 11.8. The van der Waals surface area contributed by atoms with Gasteiger partial charge in [0, 0.05) is 12.1 Å². The van der Waals surface area contributed by atoms with Crippen molar-refractivity contribution in [2.45, 2.75) is 110 Å². The van der Waals surface area contributed by atoms with E-state index in [1.54, 1.807) is 24.3 Å². The molecule has 0 atom stereocenters. The Kier molecular flexibility index (Phi) is 14.5. The Morgan fingerprint density at radius 3 is 1.56 bits per heavy atom. The zero-order valence-electron chi connectivity index (χ0n) is 17.5. The third kappa shape index (κ3) is 14.2. The van der Waals surface area contributed by atoms with Crippen molar-refractivity contribution in [2.75, 3.05) is 5.73 Å². The van der Waals surface area contributed by atoms with Crippen LogP contribution >= 0.6 is 0 Å². The highest BCUT2D eigenvalue weighted by molar-refractivity contribution is 5.72. The van der Waals surface area contributed by atoms with Crippen LogP contribution in [0.25, 0.3) is 0 Å². The van der Waals surface area contributed by atoms with E-state index in [0.29, 0.717) is 17.9 Å². The molecule has 0 fully saturated rings. The minimum absolute atomic E-state index is 0.144. The van der Waals surface area contributed by atoms with Gasteiger partial charge in [-0.05, 0) is 30.7 Å². The van der Waals surface area contributed by atoms with Gasteiger partial charge < -0.3 is 10.5 Å². The fourth-order valence-electron chi connectivity index (χ4n) is 3.36. The van der Waals surface area contributed by atoms with Gasteiger partial charge in [-0.25, -0.2) is 0 Å². The number of anilines is 1. The molecule has 0 amide bonds. The van der Waals surface area contributed by atoms with Crippen molar-refractivity contribution in [3.8, 4) is 5.75 Å². The van der Waals surface area contributed by atoms with Crippen LogP contribution in [0.2, 0.25) is 0 Å². The molecule has 0 aliphatic carbocycles. The lowest BCUT2D eigenvalue weighted by Crippen LogP contribution is -2.07. The Hall–Kier alpha value is -1.51. The van der Waals surface area contributed by atoms with Crippen LogP contribution in [-0.2, 0) is 4.79 Å². The molecule has 0 bridgehead atoms. The Labute approximate surface area is 167 Å². The number of esters is 1. The van der Waals surface area contributed by atoms with E-state index in [1.807, 2.05) is 0 Å². The predicted octanol–water partition coefficient (Wildman–Crippen LogP) is 7.44. The number of carbonyl (C=O) groups excluding carboxylic acids is 1. The maximum atomic E-state index is 11.8. The summed E-state index contributed by atoms with van der Waals surface area (Å²) >= 11 is 0. The third-order valence-electron chi connectivity index (χ3n) is 5.10. The number of nitrogen functional groups attached to an aromatic ring is 1. The van der Waals surface area contributed by atoms with Crippen LogP contribution in [0.15, 0.2) is 24.3 Å². The molecule has 27 heavy (non-hydrogen) atoms. The van der Waals surface area contributed by atoms with Gasteiger partial charge in [0.05, 0.1) is 0 Å². The van der Waals surface area contributed by atoms with Gasteiger partial charge in [-0.15, -0.1) is 0 Å². The molecule has 1 aromatic carbocycles.